The second kappa shape index (κ2) is 12.3. The Balaban J connectivity index is 3.65. The van der Waals surface area contributed by atoms with E-state index in [1.54, 1.807) is 0 Å². The quantitative estimate of drug-likeness (QED) is 0.386. The van der Waals surface area contributed by atoms with Gasteiger partial charge in [-0.2, -0.15) is 0 Å². The molecule has 136 valence electrons. The van der Waals surface area contributed by atoms with Crippen LogP contribution in [0.25, 0.3) is 0 Å². The molecule has 0 saturated carbocycles. The summed E-state index contributed by atoms with van der Waals surface area (Å²) in [6.45, 7) is 3.20. The van der Waals surface area contributed by atoms with Gasteiger partial charge in [-0.25, -0.2) is 4.39 Å². The van der Waals surface area contributed by atoms with Crippen LogP contribution in [0.15, 0.2) is 0 Å². The highest BCUT2D eigenvalue weighted by Gasteiger charge is 2.15. The molecule has 0 aromatic heterocycles. The van der Waals surface area contributed by atoms with E-state index in [-0.39, 0.29) is 25.3 Å². The number of nitrogens with one attached hydrogen (secondary N) is 1. The van der Waals surface area contributed by atoms with Gasteiger partial charge in [-0.1, -0.05) is 32.6 Å². The number of carbonyl (C=O) groups excluding carboxylic acids is 2. The molecule has 0 spiro atoms. The zero-order valence-corrected chi connectivity index (χ0v) is 14.9. The number of aliphatic carboxylic acids is 1. The third kappa shape index (κ3) is 14.2. The van der Waals surface area contributed by atoms with Gasteiger partial charge in [0, 0.05) is 19.4 Å². The molecule has 0 aliphatic carbocycles. The number of unbranched alkanes of at least 4 members (excludes halogenated alkanes) is 3. The first-order valence-electron chi connectivity index (χ1n) is 8.69. The SMILES string of the molecule is CCCCCCC(F)CCC(=O)NCCC[N+](C)(C)CC(=O)[O-]. The van der Waals surface area contributed by atoms with Crippen LogP contribution in [-0.4, -0.2) is 56.3 Å². The fourth-order valence-corrected chi connectivity index (χ4v) is 2.48. The summed E-state index contributed by atoms with van der Waals surface area (Å²) in [5.74, 6) is -1.21. The Morgan fingerprint density at radius 2 is 1.83 bits per heavy atom. The molecule has 0 bridgehead atoms. The normalized spacial score (nSPS) is 12.9. The number of halogens is 1. The van der Waals surface area contributed by atoms with Crippen LogP contribution < -0.4 is 10.4 Å². The van der Waals surface area contributed by atoms with E-state index < -0.39 is 12.1 Å². The maximum Gasteiger partial charge on any atom is 0.220 e. The first-order valence-corrected chi connectivity index (χ1v) is 8.69. The Kier molecular flexibility index (Phi) is 11.7. The largest absolute Gasteiger partial charge is 0.544 e. The van der Waals surface area contributed by atoms with Gasteiger partial charge < -0.3 is 19.7 Å². The van der Waals surface area contributed by atoms with Gasteiger partial charge in [0.05, 0.1) is 26.6 Å². The number of carboxylic acid groups (broad SMARTS) is 1. The first kappa shape index (κ1) is 21.8. The lowest BCUT2D eigenvalue weighted by Gasteiger charge is -2.30. The topological polar surface area (TPSA) is 69.2 Å². The van der Waals surface area contributed by atoms with Crippen molar-refractivity contribution in [1.82, 2.24) is 5.32 Å². The zero-order chi connectivity index (χ0) is 17.7. The number of carbonyl (C=O) groups is 2. The number of carboxylic acids is 1. The molecule has 0 rings (SSSR count). The van der Waals surface area contributed by atoms with Gasteiger partial charge in [-0.3, -0.25) is 4.79 Å². The molecule has 1 amide bonds. The van der Waals surface area contributed by atoms with Crippen molar-refractivity contribution in [2.45, 2.75) is 64.5 Å². The van der Waals surface area contributed by atoms with Gasteiger partial charge in [0.1, 0.15) is 12.7 Å². The van der Waals surface area contributed by atoms with Crippen molar-refractivity contribution in [2.24, 2.45) is 0 Å². The monoisotopic (exact) mass is 332 g/mol. The van der Waals surface area contributed by atoms with Crippen LogP contribution in [0.4, 0.5) is 4.39 Å². The molecule has 0 aliphatic rings. The summed E-state index contributed by atoms with van der Waals surface area (Å²) in [6.07, 6.45) is 5.06. The summed E-state index contributed by atoms with van der Waals surface area (Å²) in [7, 11) is 3.62. The van der Waals surface area contributed by atoms with Crippen molar-refractivity contribution < 1.29 is 23.6 Å². The Bertz CT molecular complexity index is 349. The first-order chi connectivity index (χ1) is 10.8. The maximum absolute atomic E-state index is 13.6. The van der Waals surface area contributed by atoms with Crippen LogP contribution in [0.5, 0.6) is 0 Å². The second-order valence-electron chi connectivity index (χ2n) is 6.88. The molecule has 6 heteroatoms. The number of hydrogen-bond donors (Lipinski definition) is 1. The number of amides is 1. The van der Waals surface area contributed by atoms with Gasteiger partial charge >= 0.3 is 0 Å². The second-order valence-corrected chi connectivity index (χ2v) is 6.88. The van der Waals surface area contributed by atoms with Crippen LogP contribution in [0, 0.1) is 0 Å². The number of hydrogen-bond acceptors (Lipinski definition) is 3. The van der Waals surface area contributed by atoms with Crippen molar-refractivity contribution in [3.63, 3.8) is 0 Å². The summed E-state index contributed by atoms with van der Waals surface area (Å²) in [4.78, 5) is 22.2. The highest BCUT2D eigenvalue weighted by atomic mass is 19.1. The van der Waals surface area contributed by atoms with Crippen LogP contribution in [0.1, 0.15) is 58.3 Å². The molecule has 23 heavy (non-hydrogen) atoms. The molecule has 5 nitrogen and oxygen atoms in total. The van der Waals surface area contributed by atoms with Crippen molar-refractivity contribution in [2.75, 3.05) is 33.7 Å². The highest BCUT2D eigenvalue weighted by Crippen LogP contribution is 2.12. The van der Waals surface area contributed by atoms with E-state index in [9.17, 15) is 19.1 Å². The highest BCUT2D eigenvalue weighted by molar-refractivity contribution is 5.75. The Hall–Kier alpha value is -1.17. The summed E-state index contributed by atoms with van der Waals surface area (Å²) < 4.78 is 13.9. The average molecular weight is 332 g/mol. The van der Waals surface area contributed by atoms with Gasteiger partial charge in [0.2, 0.25) is 5.91 Å². The van der Waals surface area contributed by atoms with E-state index >= 15 is 0 Å². The van der Waals surface area contributed by atoms with Gasteiger partial charge in [-0.15, -0.1) is 0 Å². The number of quaternary nitrogens is 1. The lowest BCUT2D eigenvalue weighted by atomic mass is 10.1. The maximum atomic E-state index is 13.6. The summed E-state index contributed by atoms with van der Waals surface area (Å²) in [5, 5.41) is 13.3. The van der Waals surface area contributed by atoms with Gasteiger partial charge in [0.25, 0.3) is 0 Å². The molecule has 0 aromatic rings. The van der Waals surface area contributed by atoms with E-state index in [0.29, 0.717) is 30.4 Å². The number of likely N-dealkylation sites (N-methyl/N-ethyl adjacent to an activating group) is 1. The molecular weight excluding hydrogens is 299 g/mol. The van der Waals surface area contributed by atoms with Crippen molar-refractivity contribution in [3.8, 4) is 0 Å². The Labute approximate surface area is 139 Å². The van der Waals surface area contributed by atoms with E-state index in [0.717, 1.165) is 25.7 Å². The molecule has 1 atom stereocenters. The van der Waals surface area contributed by atoms with Crippen LogP contribution in [0.2, 0.25) is 0 Å². The minimum atomic E-state index is -1.08. The lowest BCUT2D eigenvalue weighted by Crippen LogP contribution is -2.49. The van der Waals surface area contributed by atoms with Crippen molar-refractivity contribution >= 4 is 11.9 Å². The Morgan fingerprint density at radius 3 is 2.43 bits per heavy atom. The van der Waals surface area contributed by atoms with E-state index in [4.69, 9.17) is 0 Å². The number of rotatable bonds is 14. The number of nitrogens with zero attached hydrogens (tertiary/aromatic N) is 1. The fourth-order valence-electron chi connectivity index (χ4n) is 2.48. The van der Waals surface area contributed by atoms with Gasteiger partial charge in [-0.05, 0) is 12.8 Å². The van der Waals surface area contributed by atoms with E-state index in [2.05, 4.69) is 12.2 Å². The third-order valence-electron chi connectivity index (χ3n) is 3.88. The average Bonchev–Trinajstić information content (AvgIpc) is 2.44. The predicted octanol–water partition coefficient (Wildman–Crippen LogP) is 1.41. The molecule has 0 aliphatic heterocycles. The zero-order valence-electron chi connectivity index (χ0n) is 14.9. The smallest absolute Gasteiger partial charge is 0.220 e. The standard InChI is InChI=1S/C17H33FN2O3/c1-4-5-6-7-9-15(18)10-11-16(21)19-12-8-13-20(2,3)14-17(22)23/h15H,4-14H2,1-3H3,(H-,19,21,22,23). The molecule has 1 N–H and O–H groups in total. The lowest BCUT2D eigenvalue weighted by molar-refractivity contribution is -0.884. The predicted molar refractivity (Wildman–Crippen MR) is 87.4 cm³/mol. The minimum Gasteiger partial charge on any atom is -0.544 e. The summed E-state index contributed by atoms with van der Waals surface area (Å²) in [5.41, 5.74) is 0. The third-order valence-corrected chi connectivity index (χ3v) is 3.88. The molecule has 0 fully saturated rings. The van der Waals surface area contributed by atoms with Gasteiger partial charge in [0.15, 0.2) is 0 Å². The molecule has 0 heterocycles. The van der Waals surface area contributed by atoms with Crippen molar-refractivity contribution in [3.05, 3.63) is 0 Å². The summed E-state index contributed by atoms with van der Waals surface area (Å²) in [6, 6.07) is 0. The molecular formula is C17H33FN2O3. The number of alkyl halides is 1. The molecule has 1 unspecified atom stereocenters. The molecule has 0 aromatic carbocycles. The fraction of sp³-hybridized carbons (Fsp3) is 0.882. The van der Waals surface area contributed by atoms with E-state index in [1.165, 1.54) is 0 Å². The van der Waals surface area contributed by atoms with Crippen LogP contribution >= 0.6 is 0 Å². The minimum absolute atomic E-state index is 0.0461. The van der Waals surface area contributed by atoms with Crippen molar-refractivity contribution in [1.29, 1.82) is 0 Å². The van der Waals surface area contributed by atoms with Crippen LogP contribution in [-0.2, 0) is 9.59 Å². The van der Waals surface area contributed by atoms with Crippen LogP contribution in [0.3, 0.4) is 0 Å². The molecule has 0 saturated heterocycles. The molecule has 0 radical (unpaired) electrons. The summed E-state index contributed by atoms with van der Waals surface area (Å²) >= 11 is 0. The van der Waals surface area contributed by atoms with E-state index in [1.807, 2.05) is 14.1 Å². The Morgan fingerprint density at radius 1 is 1.13 bits per heavy atom.